The first-order valence-electron chi connectivity index (χ1n) is 6.39. The molecule has 3 rings (SSSR count). The number of benzene rings is 2. The maximum Gasteiger partial charge on any atom is 0.269 e. The first-order valence-corrected chi connectivity index (χ1v) is 6.39. The van der Waals surface area contributed by atoms with Gasteiger partial charge in [0.2, 0.25) is 0 Å². The zero-order chi connectivity index (χ0) is 14.8. The second kappa shape index (κ2) is 5.20. The van der Waals surface area contributed by atoms with Gasteiger partial charge in [-0.1, -0.05) is 17.3 Å². The summed E-state index contributed by atoms with van der Waals surface area (Å²) >= 11 is 0. The SMILES string of the molecule is CN(Cn1nnc2ccccc21)c1ccc([N+](=O)[O-])cc1. The third-order valence-corrected chi connectivity index (χ3v) is 3.27. The molecule has 0 fully saturated rings. The first kappa shape index (κ1) is 13.0. The van der Waals surface area contributed by atoms with Crippen LogP contribution in [-0.4, -0.2) is 27.0 Å². The summed E-state index contributed by atoms with van der Waals surface area (Å²) in [5.41, 5.74) is 2.75. The molecule has 1 heterocycles. The Morgan fingerprint density at radius 2 is 1.90 bits per heavy atom. The largest absolute Gasteiger partial charge is 0.355 e. The van der Waals surface area contributed by atoms with Crippen molar-refractivity contribution in [3.63, 3.8) is 0 Å². The molecule has 0 bridgehead atoms. The Hall–Kier alpha value is -2.96. The molecule has 3 aromatic rings. The van der Waals surface area contributed by atoms with E-state index in [4.69, 9.17) is 0 Å². The summed E-state index contributed by atoms with van der Waals surface area (Å²) in [6.07, 6.45) is 0. The van der Waals surface area contributed by atoms with Crippen molar-refractivity contribution in [2.45, 2.75) is 6.67 Å². The van der Waals surface area contributed by atoms with E-state index in [9.17, 15) is 10.1 Å². The number of rotatable bonds is 4. The molecule has 0 radical (unpaired) electrons. The molecule has 0 unspecified atom stereocenters. The van der Waals surface area contributed by atoms with E-state index in [1.807, 2.05) is 36.2 Å². The Morgan fingerprint density at radius 1 is 1.19 bits per heavy atom. The molecule has 0 saturated heterocycles. The molecule has 0 N–H and O–H groups in total. The molecule has 0 aliphatic heterocycles. The van der Waals surface area contributed by atoms with Gasteiger partial charge in [0, 0.05) is 24.9 Å². The molecule has 21 heavy (non-hydrogen) atoms. The van der Waals surface area contributed by atoms with Crippen molar-refractivity contribution >= 4 is 22.4 Å². The normalized spacial score (nSPS) is 10.7. The van der Waals surface area contributed by atoms with Crippen LogP contribution in [0.15, 0.2) is 48.5 Å². The molecule has 0 atom stereocenters. The molecular formula is C14H13N5O2. The second-order valence-electron chi connectivity index (χ2n) is 4.69. The number of anilines is 1. The van der Waals surface area contributed by atoms with E-state index in [1.54, 1.807) is 16.8 Å². The number of fused-ring (bicyclic) bond motifs is 1. The second-order valence-corrected chi connectivity index (χ2v) is 4.69. The standard InChI is InChI=1S/C14H13N5O2/c1-17(11-6-8-12(9-7-11)19(20)21)10-18-14-5-3-2-4-13(14)15-16-18/h2-9H,10H2,1H3. The Bertz CT molecular complexity index is 781. The quantitative estimate of drug-likeness (QED) is 0.543. The van der Waals surface area contributed by atoms with E-state index < -0.39 is 4.92 Å². The maximum atomic E-state index is 10.7. The molecule has 0 aliphatic carbocycles. The van der Waals surface area contributed by atoms with Gasteiger partial charge in [-0.2, -0.15) is 0 Å². The molecule has 1 aromatic heterocycles. The highest BCUT2D eigenvalue weighted by Crippen LogP contribution is 2.19. The monoisotopic (exact) mass is 283 g/mol. The third kappa shape index (κ3) is 2.53. The van der Waals surface area contributed by atoms with E-state index in [0.29, 0.717) is 6.67 Å². The smallest absolute Gasteiger partial charge is 0.269 e. The number of hydrogen-bond donors (Lipinski definition) is 0. The van der Waals surface area contributed by atoms with Crippen molar-refractivity contribution in [3.05, 3.63) is 58.6 Å². The Kier molecular flexibility index (Phi) is 3.23. The summed E-state index contributed by atoms with van der Waals surface area (Å²) in [5.74, 6) is 0. The van der Waals surface area contributed by atoms with Crippen LogP contribution in [0.5, 0.6) is 0 Å². The van der Waals surface area contributed by atoms with E-state index in [1.165, 1.54) is 12.1 Å². The van der Waals surface area contributed by atoms with E-state index in [-0.39, 0.29) is 5.69 Å². The van der Waals surface area contributed by atoms with E-state index in [2.05, 4.69) is 10.3 Å². The molecule has 0 amide bonds. The first-order chi connectivity index (χ1) is 10.1. The van der Waals surface area contributed by atoms with Crippen LogP contribution in [0.2, 0.25) is 0 Å². The minimum Gasteiger partial charge on any atom is -0.355 e. The fraction of sp³-hybridized carbons (Fsp3) is 0.143. The molecule has 2 aromatic carbocycles. The van der Waals surface area contributed by atoms with Gasteiger partial charge >= 0.3 is 0 Å². The number of aromatic nitrogens is 3. The lowest BCUT2D eigenvalue weighted by molar-refractivity contribution is -0.384. The highest BCUT2D eigenvalue weighted by Gasteiger charge is 2.09. The van der Waals surface area contributed by atoms with Crippen LogP contribution >= 0.6 is 0 Å². The highest BCUT2D eigenvalue weighted by molar-refractivity contribution is 5.73. The summed E-state index contributed by atoms with van der Waals surface area (Å²) in [6.45, 7) is 0.512. The van der Waals surface area contributed by atoms with Crippen LogP contribution < -0.4 is 4.90 Å². The summed E-state index contributed by atoms with van der Waals surface area (Å²) in [6, 6.07) is 14.1. The van der Waals surface area contributed by atoms with Gasteiger partial charge in [-0.3, -0.25) is 10.1 Å². The molecular weight excluding hydrogens is 270 g/mol. The number of nitrogens with zero attached hydrogens (tertiary/aromatic N) is 5. The lowest BCUT2D eigenvalue weighted by Crippen LogP contribution is -2.22. The average molecular weight is 283 g/mol. The zero-order valence-electron chi connectivity index (χ0n) is 11.4. The number of non-ortho nitro benzene ring substituents is 1. The highest BCUT2D eigenvalue weighted by atomic mass is 16.6. The maximum absolute atomic E-state index is 10.7. The van der Waals surface area contributed by atoms with Crippen molar-refractivity contribution in [2.75, 3.05) is 11.9 Å². The minimum absolute atomic E-state index is 0.0818. The minimum atomic E-state index is -0.408. The Balaban J connectivity index is 1.82. The van der Waals surface area contributed by atoms with Crippen LogP contribution in [0.1, 0.15) is 0 Å². The molecule has 0 spiro atoms. The van der Waals surface area contributed by atoms with Crippen molar-refractivity contribution < 1.29 is 4.92 Å². The number of nitro groups is 1. The fourth-order valence-corrected chi connectivity index (χ4v) is 2.13. The summed E-state index contributed by atoms with van der Waals surface area (Å²) in [5, 5.41) is 18.9. The fourth-order valence-electron chi connectivity index (χ4n) is 2.13. The lowest BCUT2D eigenvalue weighted by atomic mass is 10.2. The third-order valence-electron chi connectivity index (χ3n) is 3.27. The van der Waals surface area contributed by atoms with Crippen molar-refractivity contribution in [2.24, 2.45) is 0 Å². The van der Waals surface area contributed by atoms with Gasteiger partial charge in [-0.05, 0) is 24.3 Å². The molecule has 0 saturated carbocycles. The van der Waals surface area contributed by atoms with Crippen molar-refractivity contribution in [1.29, 1.82) is 0 Å². The van der Waals surface area contributed by atoms with Gasteiger partial charge in [0.1, 0.15) is 12.2 Å². The van der Waals surface area contributed by atoms with Crippen LogP contribution in [0.25, 0.3) is 11.0 Å². The average Bonchev–Trinajstić information content (AvgIpc) is 2.91. The Morgan fingerprint density at radius 3 is 2.62 bits per heavy atom. The van der Waals surface area contributed by atoms with Gasteiger partial charge in [0.25, 0.3) is 5.69 Å². The van der Waals surface area contributed by atoms with Gasteiger partial charge in [-0.25, -0.2) is 4.68 Å². The molecule has 7 heteroatoms. The zero-order valence-corrected chi connectivity index (χ0v) is 11.4. The molecule has 0 aliphatic rings. The lowest BCUT2D eigenvalue weighted by Gasteiger charge is -2.19. The van der Waals surface area contributed by atoms with Gasteiger partial charge in [0.15, 0.2) is 0 Å². The summed E-state index contributed by atoms with van der Waals surface area (Å²) < 4.78 is 1.79. The van der Waals surface area contributed by atoms with Crippen LogP contribution in [-0.2, 0) is 6.67 Å². The van der Waals surface area contributed by atoms with Gasteiger partial charge in [-0.15, -0.1) is 5.10 Å². The summed E-state index contributed by atoms with van der Waals surface area (Å²) in [4.78, 5) is 12.2. The van der Waals surface area contributed by atoms with Crippen LogP contribution in [0.3, 0.4) is 0 Å². The summed E-state index contributed by atoms with van der Waals surface area (Å²) in [7, 11) is 1.90. The predicted molar refractivity (Wildman–Crippen MR) is 79.0 cm³/mol. The van der Waals surface area contributed by atoms with E-state index >= 15 is 0 Å². The van der Waals surface area contributed by atoms with Gasteiger partial charge < -0.3 is 4.90 Å². The molecule has 7 nitrogen and oxygen atoms in total. The van der Waals surface area contributed by atoms with Crippen molar-refractivity contribution in [3.8, 4) is 0 Å². The number of para-hydroxylation sites is 1. The molecule has 106 valence electrons. The predicted octanol–water partition coefficient (Wildman–Crippen LogP) is 2.43. The Labute approximate surface area is 120 Å². The number of nitro benzene ring substituents is 1. The van der Waals surface area contributed by atoms with Gasteiger partial charge in [0.05, 0.1) is 10.4 Å². The van der Waals surface area contributed by atoms with Crippen molar-refractivity contribution in [1.82, 2.24) is 15.0 Å². The van der Waals surface area contributed by atoms with E-state index in [0.717, 1.165) is 16.7 Å². The van der Waals surface area contributed by atoms with Crippen LogP contribution in [0, 0.1) is 10.1 Å². The number of hydrogen-bond acceptors (Lipinski definition) is 5. The topological polar surface area (TPSA) is 77.1 Å². The van der Waals surface area contributed by atoms with Crippen LogP contribution in [0.4, 0.5) is 11.4 Å².